The molecule has 0 atom stereocenters. The van der Waals surface area contributed by atoms with Gasteiger partial charge in [0.15, 0.2) is 0 Å². The van der Waals surface area contributed by atoms with Crippen molar-refractivity contribution in [3.63, 3.8) is 0 Å². The van der Waals surface area contributed by atoms with Crippen molar-refractivity contribution < 1.29 is 18.7 Å². The lowest BCUT2D eigenvalue weighted by atomic mass is 10.3. The van der Waals surface area contributed by atoms with E-state index in [0.29, 0.717) is 0 Å². The maximum atomic E-state index is 9.75. The quantitative estimate of drug-likeness (QED) is 0.294. The standard InChI is InChI=1S/C6H7NS.BF4/c7-5-3-1-2-4-6(5)8;2-1(3,4)5/h1-4,8H,7H2;/q;-1/p+1. The fourth-order valence-electron chi connectivity index (χ4n) is 0.488. The molecule has 0 saturated heterocycles. The van der Waals surface area contributed by atoms with Crippen molar-refractivity contribution in [1.29, 1.82) is 0 Å². The third kappa shape index (κ3) is 9.07. The van der Waals surface area contributed by atoms with E-state index in [1.807, 2.05) is 24.3 Å². The Balaban J connectivity index is 0. The lowest BCUT2D eigenvalue weighted by Crippen LogP contribution is -2.02. The van der Waals surface area contributed by atoms with Crippen molar-refractivity contribution in [2.45, 2.75) is 4.90 Å². The van der Waals surface area contributed by atoms with Gasteiger partial charge in [-0.1, -0.05) is 12.1 Å². The summed E-state index contributed by atoms with van der Waals surface area (Å²) in [5, 5.41) is 0. The summed E-state index contributed by atoms with van der Waals surface area (Å²) in [5.41, 5.74) is 6.18. The van der Waals surface area contributed by atoms with Crippen LogP contribution in [0.2, 0.25) is 0 Å². The average Bonchev–Trinajstić information content (AvgIpc) is 1.92. The molecule has 0 aliphatic carbocycles. The predicted molar refractivity (Wildman–Crippen MR) is 49.4 cm³/mol. The van der Waals surface area contributed by atoms with Crippen LogP contribution in [0.4, 0.5) is 23.0 Å². The SMILES string of the molecule is F[B-](F)(F)F.Nc1ccccc1S.[H+]. The molecule has 0 saturated carbocycles. The van der Waals surface area contributed by atoms with Gasteiger partial charge in [0, 0.05) is 10.6 Å². The van der Waals surface area contributed by atoms with Crippen molar-refractivity contribution in [3.8, 4) is 0 Å². The highest BCUT2D eigenvalue weighted by Crippen LogP contribution is 2.13. The number of hydrogen-bond acceptors (Lipinski definition) is 2. The zero-order valence-electron chi connectivity index (χ0n) is 7.42. The van der Waals surface area contributed by atoms with E-state index in [-0.39, 0.29) is 1.43 Å². The zero-order chi connectivity index (χ0) is 10.5. The van der Waals surface area contributed by atoms with E-state index in [0.717, 1.165) is 10.6 Å². The van der Waals surface area contributed by atoms with Gasteiger partial charge in [0.25, 0.3) is 0 Å². The van der Waals surface area contributed by atoms with Gasteiger partial charge >= 0.3 is 8.68 Å². The van der Waals surface area contributed by atoms with E-state index >= 15 is 0 Å². The summed E-state index contributed by atoms with van der Waals surface area (Å²) >= 11 is 4.07. The van der Waals surface area contributed by atoms with Gasteiger partial charge in [-0.25, -0.2) is 0 Å². The Hall–Kier alpha value is -0.845. The van der Waals surface area contributed by atoms with Gasteiger partial charge in [0.05, 0.1) is 0 Å². The Morgan fingerprint density at radius 3 is 1.77 bits per heavy atom. The molecule has 74 valence electrons. The summed E-state index contributed by atoms with van der Waals surface area (Å²) in [5.74, 6) is 0. The monoisotopic (exact) mass is 213 g/mol. The predicted octanol–water partition coefficient (Wildman–Crippen LogP) is 2.97. The summed E-state index contributed by atoms with van der Waals surface area (Å²) in [4.78, 5) is 0.840. The molecule has 0 aliphatic heterocycles. The van der Waals surface area contributed by atoms with Crippen molar-refractivity contribution in [1.82, 2.24) is 0 Å². The average molecular weight is 213 g/mol. The van der Waals surface area contributed by atoms with Crippen LogP contribution in [0.25, 0.3) is 0 Å². The first-order valence-electron chi connectivity index (χ1n) is 3.21. The highest BCUT2D eigenvalue weighted by atomic mass is 32.1. The van der Waals surface area contributed by atoms with Crippen LogP contribution in [0.3, 0.4) is 0 Å². The molecule has 0 heterocycles. The highest BCUT2D eigenvalue weighted by molar-refractivity contribution is 7.80. The molecule has 1 nitrogen and oxygen atoms in total. The molecule has 1 aromatic rings. The molecule has 1 aromatic carbocycles. The minimum absolute atomic E-state index is 0. The van der Waals surface area contributed by atoms with Crippen LogP contribution in [0.15, 0.2) is 29.2 Å². The lowest BCUT2D eigenvalue weighted by molar-refractivity contribution is 0.368. The van der Waals surface area contributed by atoms with Gasteiger partial charge in [0.1, 0.15) is 0 Å². The molecule has 0 aromatic heterocycles. The summed E-state index contributed by atoms with van der Waals surface area (Å²) < 4.78 is 39.0. The summed E-state index contributed by atoms with van der Waals surface area (Å²) in [6, 6.07) is 7.47. The molecule has 0 aliphatic rings. The minimum Gasteiger partial charge on any atom is -0.418 e. The smallest absolute Gasteiger partial charge is 0.418 e. The topological polar surface area (TPSA) is 26.0 Å². The van der Waals surface area contributed by atoms with E-state index in [2.05, 4.69) is 12.6 Å². The molecule has 0 unspecified atom stereocenters. The first-order chi connectivity index (χ1) is 5.80. The molecule has 7 heteroatoms. The third-order valence-corrected chi connectivity index (χ3v) is 1.34. The molecular weight excluding hydrogens is 205 g/mol. The van der Waals surface area contributed by atoms with Gasteiger partial charge in [0.2, 0.25) is 0 Å². The van der Waals surface area contributed by atoms with Crippen molar-refractivity contribution in [2.75, 3.05) is 5.73 Å². The molecular formula is C6H8BF4NS. The Morgan fingerprint density at radius 1 is 1.15 bits per heavy atom. The van der Waals surface area contributed by atoms with Gasteiger partial charge in [-0.2, -0.15) is 0 Å². The Bertz CT molecular complexity index is 243. The third-order valence-electron chi connectivity index (χ3n) is 0.937. The Kier molecular flexibility index (Phi) is 4.68. The van der Waals surface area contributed by atoms with Crippen LogP contribution in [0.5, 0.6) is 0 Å². The largest absolute Gasteiger partial charge is 1.00 e. The molecule has 0 radical (unpaired) electrons. The molecule has 1 rings (SSSR count). The summed E-state index contributed by atoms with van der Waals surface area (Å²) in [6.45, 7) is 0. The van der Waals surface area contributed by atoms with Gasteiger partial charge in [-0.3, -0.25) is 0 Å². The molecule has 0 spiro atoms. The number of halogens is 4. The highest BCUT2D eigenvalue weighted by Gasteiger charge is 2.20. The lowest BCUT2D eigenvalue weighted by Gasteiger charge is -1.94. The van der Waals surface area contributed by atoms with Crippen LogP contribution in [0, 0.1) is 0 Å². The fraction of sp³-hybridized carbons (Fsp3) is 0. The maximum Gasteiger partial charge on any atom is 1.00 e. The number of hydrogen-bond donors (Lipinski definition) is 2. The first kappa shape index (κ1) is 12.2. The number of benzene rings is 1. The molecule has 0 amide bonds. The molecule has 0 bridgehead atoms. The van der Waals surface area contributed by atoms with Crippen molar-refractivity contribution >= 4 is 25.6 Å². The number of rotatable bonds is 0. The van der Waals surface area contributed by atoms with Crippen molar-refractivity contribution in [2.24, 2.45) is 0 Å². The zero-order valence-corrected chi connectivity index (χ0v) is 7.32. The van der Waals surface area contributed by atoms with E-state index in [9.17, 15) is 17.3 Å². The van der Waals surface area contributed by atoms with Gasteiger partial charge < -0.3 is 23.0 Å². The van der Waals surface area contributed by atoms with Crippen LogP contribution in [-0.2, 0) is 0 Å². The summed E-state index contributed by atoms with van der Waals surface area (Å²) in [7, 11) is -6.00. The normalized spacial score (nSPS) is 10.2. The number of anilines is 1. The second kappa shape index (κ2) is 5.01. The van der Waals surface area contributed by atoms with Gasteiger partial charge in [-0.05, 0) is 12.1 Å². The van der Waals surface area contributed by atoms with Gasteiger partial charge in [-0.15, -0.1) is 12.6 Å². The second-order valence-corrected chi connectivity index (χ2v) is 2.54. The number of thiol groups is 1. The molecule has 2 N–H and O–H groups in total. The molecule has 0 fully saturated rings. The first-order valence-corrected chi connectivity index (χ1v) is 3.66. The van der Waals surface area contributed by atoms with E-state index in [4.69, 9.17) is 5.73 Å². The Morgan fingerprint density at radius 2 is 1.54 bits per heavy atom. The minimum atomic E-state index is -6.00. The van der Waals surface area contributed by atoms with Crippen LogP contribution in [0.1, 0.15) is 1.43 Å². The van der Waals surface area contributed by atoms with E-state index < -0.39 is 7.25 Å². The second-order valence-electron chi connectivity index (χ2n) is 2.05. The number of nitrogen functional groups attached to an aromatic ring is 1. The number of para-hydroxylation sites is 1. The van der Waals surface area contributed by atoms with E-state index in [1.165, 1.54) is 0 Å². The summed E-state index contributed by atoms with van der Waals surface area (Å²) in [6.07, 6.45) is 0. The van der Waals surface area contributed by atoms with Crippen LogP contribution >= 0.6 is 12.6 Å². The number of nitrogens with two attached hydrogens (primary N) is 1. The fourth-order valence-corrected chi connectivity index (χ4v) is 0.648. The van der Waals surface area contributed by atoms with Crippen molar-refractivity contribution in [3.05, 3.63) is 24.3 Å². The van der Waals surface area contributed by atoms with Crippen LogP contribution in [-0.4, -0.2) is 7.25 Å². The van der Waals surface area contributed by atoms with Crippen LogP contribution < -0.4 is 5.73 Å². The van der Waals surface area contributed by atoms with E-state index in [1.54, 1.807) is 0 Å². The maximum absolute atomic E-state index is 9.75. The Labute approximate surface area is 79.9 Å². The molecule has 13 heavy (non-hydrogen) atoms.